The number of amides is 1. The van der Waals surface area contributed by atoms with Crippen molar-refractivity contribution in [2.24, 2.45) is 0 Å². The minimum Gasteiger partial charge on any atom is -0.348 e. The SMILES string of the molecule is CCCCCC(C)NC(=O)c1cncn1-c1ccc(-c2ccc(F)c(F)c2)cc1. The molecular formula is C23H25F2N3O. The number of carbonyl (C=O) groups is 1. The fourth-order valence-corrected chi connectivity index (χ4v) is 3.23. The van der Waals surface area contributed by atoms with Gasteiger partial charge in [0.2, 0.25) is 0 Å². The predicted molar refractivity (Wildman–Crippen MR) is 110 cm³/mol. The molecule has 1 N–H and O–H groups in total. The smallest absolute Gasteiger partial charge is 0.270 e. The summed E-state index contributed by atoms with van der Waals surface area (Å²) in [6, 6.07) is 11.1. The first-order valence-electron chi connectivity index (χ1n) is 9.88. The van der Waals surface area contributed by atoms with Crippen LogP contribution in [0.4, 0.5) is 8.78 Å². The fourth-order valence-electron chi connectivity index (χ4n) is 3.23. The predicted octanol–water partition coefficient (Wildman–Crippen LogP) is 5.52. The number of aromatic nitrogens is 2. The van der Waals surface area contributed by atoms with Crippen molar-refractivity contribution >= 4 is 5.91 Å². The molecule has 0 fully saturated rings. The van der Waals surface area contributed by atoms with Gasteiger partial charge in [0.25, 0.3) is 5.91 Å². The van der Waals surface area contributed by atoms with Crippen molar-refractivity contribution in [1.82, 2.24) is 14.9 Å². The van der Waals surface area contributed by atoms with Gasteiger partial charge in [-0.25, -0.2) is 13.8 Å². The highest BCUT2D eigenvalue weighted by atomic mass is 19.2. The maximum absolute atomic E-state index is 13.5. The van der Waals surface area contributed by atoms with Crippen molar-refractivity contribution in [3.8, 4) is 16.8 Å². The molecule has 3 rings (SSSR count). The zero-order valence-electron chi connectivity index (χ0n) is 16.7. The second-order valence-electron chi connectivity index (χ2n) is 7.19. The Bertz CT molecular complexity index is 967. The van der Waals surface area contributed by atoms with E-state index in [4.69, 9.17) is 0 Å². The monoisotopic (exact) mass is 397 g/mol. The second-order valence-corrected chi connectivity index (χ2v) is 7.19. The molecule has 3 aromatic rings. The molecule has 1 atom stereocenters. The van der Waals surface area contributed by atoms with Crippen molar-refractivity contribution in [2.45, 2.75) is 45.6 Å². The van der Waals surface area contributed by atoms with Gasteiger partial charge < -0.3 is 5.32 Å². The highest BCUT2D eigenvalue weighted by molar-refractivity contribution is 5.93. The molecule has 0 bridgehead atoms. The number of hydrogen-bond acceptors (Lipinski definition) is 2. The summed E-state index contributed by atoms with van der Waals surface area (Å²) >= 11 is 0. The van der Waals surface area contributed by atoms with Crippen molar-refractivity contribution in [3.63, 3.8) is 0 Å². The third-order valence-electron chi connectivity index (χ3n) is 4.89. The minimum absolute atomic E-state index is 0.0909. The topological polar surface area (TPSA) is 46.9 Å². The molecule has 1 heterocycles. The Balaban J connectivity index is 1.74. The van der Waals surface area contributed by atoms with Crippen LogP contribution < -0.4 is 5.32 Å². The van der Waals surface area contributed by atoms with E-state index in [-0.39, 0.29) is 11.9 Å². The van der Waals surface area contributed by atoms with Crippen LogP contribution in [-0.4, -0.2) is 21.5 Å². The lowest BCUT2D eigenvalue weighted by Crippen LogP contribution is -2.33. The van der Waals surface area contributed by atoms with Crippen LogP contribution in [0.2, 0.25) is 0 Å². The van der Waals surface area contributed by atoms with Crippen molar-refractivity contribution in [2.75, 3.05) is 0 Å². The third kappa shape index (κ3) is 5.08. The van der Waals surface area contributed by atoms with Crippen LogP contribution in [0.15, 0.2) is 55.0 Å². The zero-order chi connectivity index (χ0) is 20.8. The van der Waals surface area contributed by atoms with Gasteiger partial charge >= 0.3 is 0 Å². The molecule has 1 unspecified atom stereocenters. The molecule has 0 spiro atoms. The number of carbonyl (C=O) groups excluding carboxylic acids is 1. The average molecular weight is 397 g/mol. The summed E-state index contributed by atoms with van der Waals surface area (Å²) in [7, 11) is 0. The first kappa shape index (κ1) is 20.7. The van der Waals surface area contributed by atoms with Gasteiger partial charge in [-0.05, 0) is 48.7 Å². The number of nitrogens with one attached hydrogen (secondary N) is 1. The van der Waals surface area contributed by atoms with E-state index < -0.39 is 11.6 Å². The largest absolute Gasteiger partial charge is 0.348 e. The molecule has 1 aromatic heterocycles. The van der Waals surface area contributed by atoms with Crippen LogP contribution in [0.3, 0.4) is 0 Å². The van der Waals surface area contributed by atoms with E-state index in [1.807, 2.05) is 19.1 Å². The Morgan fingerprint density at radius 1 is 1.07 bits per heavy atom. The number of hydrogen-bond donors (Lipinski definition) is 1. The molecule has 0 radical (unpaired) electrons. The molecule has 4 nitrogen and oxygen atoms in total. The normalized spacial score (nSPS) is 12.0. The summed E-state index contributed by atoms with van der Waals surface area (Å²) in [5.41, 5.74) is 2.55. The lowest BCUT2D eigenvalue weighted by molar-refractivity contribution is 0.0931. The van der Waals surface area contributed by atoms with Crippen LogP contribution in [-0.2, 0) is 0 Å². The molecular weight excluding hydrogens is 372 g/mol. The zero-order valence-corrected chi connectivity index (χ0v) is 16.7. The molecule has 6 heteroatoms. The lowest BCUT2D eigenvalue weighted by Gasteiger charge is -2.15. The third-order valence-corrected chi connectivity index (χ3v) is 4.89. The van der Waals surface area contributed by atoms with Crippen molar-refractivity contribution in [1.29, 1.82) is 0 Å². The van der Waals surface area contributed by atoms with Gasteiger partial charge in [0.1, 0.15) is 5.69 Å². The van der Waals surface area contributed by atoms with Crippen LogP contribution in [0, 0.1) is 11.6 Å². The van der Waals surface area contributed by atoms with Gasteiger partial charge in [0.15, 0.2) is 11.6 Å². The van der Waals surface area contributed by atoms with E-state index in [9.17, 15) is 13.6 Å². The summed E-state index contributed by atoms with van der Waals surface area (Å²) in [6.45, 7) is 4.16. The molecule has 2 aromatic carbocycles. The maximum atomic E-state index is 13.5. The van der Waals surface area contributed by atoms with Crippen LogP contribution in [0.1, 0.15) is 50.0 Å². The number of imidazole rings is 1. The molecule has 152 valence electrons. The van der Waals surface area contributed by atoms with Gasteiger partial charge in [0.05, 0.1) is 12.5 Å². The second kappa shape index (κ2) is 9.45. The standard InChI is InChI=1S/C23H25F2N3O/c1-3-4-5-6-16(2)27-23(29)22-14-26-15-28(22)19-10-7-17(8-11-19)18-9-12-20(24)21(25)13-18/h7-16H,3-6H2,1-2H3,(H,27,29). The lowest BCUT2D eigenvalue weighted by atomic mass is 10.1. The number of rotatable bonds is 8. The van der Waals surface area contributed by atoms with Crippen LogP contribution in [0.25, 0.3) is 16.8 Å². The Kier molecular flexibility index (Phi) is 6.75. The average Bonchev–Trinajstić information content (AvgIpc) is 3.20. The van der Waals surface area contributed by atoms with E-state index in [0.717, 1.165) is 43.0 Å². The van der Waals surface area contributed by atoms with Crippen LogP contribution in [0.5, 0.6) is 0 Å². The Labute approximate surface area is 169 Å². The van der Waals surface area contributed by atoms with Crippen molar-refractivity contribution < 1.29 is 13.6 Å². The minimum atomic E-state index is -0.881. The van der Waals surface area contributed by atoms with E-state index in [0.29, 0.717) is 11.3 Å². The molecule has 0 aliphatic heterocycles. The van der Waals surface area contributed by atoms with Gasteiger partial charge in [-0.3, -0.25) is 9.36 Å². The van der Waals surface area contributed by atoms with Crippen LogP contribution >= 0.6 is 0 Å². The molecule has 29 heavy (non-hydrogen) atoms. The number of benzene rings is 2. The molecule has 0 aliphatic rings. The molecule has 0 aliphatic carbocycles. The van der Waals surface area contributed by atoms with E-state index in [1.54, 1.807) is 23.0 Å². The van der Waals surface area contributed by atoms with Gasteiger partial charge in [-0.2, -0.15) is 0 Å². The fraction of sp³-hybridized carbons (Fsp3) is 0.304. The molecule has 0 saturated carbocycles. The highest BCUT2D eigenvalue weighted by Gasteiger charge is 2.15. The highest BCUT2D eigenvalue weighted by Crippen LogP contribution is 2.23. The quantitative estimate of drug-likeness (QED) is 0.509. The van der Waals surface area contributed by atoms with E-state index >= 15 is 0 Å². The van der Waals surface area contributed by atoms with Gasteiger partial charge in [-0.15, -0.1) is 0 Å². The van der Waals surface area contributed by atoms with E-state index in [1.165, 1.54) is 18.3 Å². The van der Waals surface area contributed by atoms with E-state index in [2.05, 4.69) is 17.2 Å². The Hall–Kier alpha value is -3.02. The summed E-state index contributed by atoms with van der Waals surface area (Å²) < 4.78 is 28.3. The summed E-state index contributed by atoms with van der Waals surface area (Å²) in [6.07, 6.45) is 7.45. The molecule has 0 saturated heterocycles. The number of nitrogens with zero attached hydrogens (tertiary/aromatic N) is 2. The molecule has 1 amide bonds. The number of halogens is 2. The maximum Gasteiger partial charge on any atom is 0.270 e. The first-order chi connectivity index (χ1) is 14.0. The van der Waals surface area contributed by atoms with Gasteiger partial charge in [-0.1, -0.05) is 44.4 Å². The Morgan fingerprint density at radius 3 is 2.48 bits per heavy atom. The first-order valence-corrected chi connectivity index (χ1v) is 9.88. The number of unbranched alkanes of at least 4 members (excludes halogenated alkanes) is 2. The summed E-state index contributed by atoms with van der Waals surface area (Å²) in [4.78, 5) is 16.8. The summed E-state index contributed by atoms with van der Waals surface area (Å²) in [5.74, 6) is -1.92. The summed E-state index contributed by atoms with van der Waals surface area (Å²) in [5, 5.41) is 3.02. The van der Waals surface area contributed by atoms with Crippen molar-refractivity contribution in [3.05, 3.63) is 72.3 Å². The Morgan fingerprint density at radius 2 is 1.79 bits per heavy atom. The van der Waals surface area contributed by atoms with Gasteiger partial charge in [0, 0.05) is 11.7 Å².